The molecule has 9 amide bonds. The van der Waals surface area contributed by atoms with E-state index in [1.165, 1.54) is 27.7 Å². The van der Waals surface area contributed by atoms with E-state index in [1.807, 2.05) is 0 Å². The lowest BCUT2D eigenvalue weighted by Crippen LogP contribution is -2.56. The number of hydrogen-bond donors (Lipinski definition) is 9. The van der Waals surface area contributed by atoms with Crippen molar-refractivity contribution < 1.29 is 43.2 Å². The normalized spacial score (nSPS) is 13.7. The van der Waals surface area contributed by atoms with Crippen molar-refractivity contribution in [3.63, 3.8) is 0 Å². The lowest BCUT2D eigenvalue weighted by molar-refractivity contribution is -0.133. The maximum Gasteiger partial charge on any atom is 0.247 e. The molecule has 0 saturated carbocycles. The van der Waals surface area contributed by atoms with Gasteiger partial charge in [0.1, 0.15) is 30.2 Å². The average molecular weight is 612 g/mol. The summed E-state index contributed by atoms with van der Waals surface area (Å²) < 4.78 is 0. The Bertz CT molecular complexity index is 1100. The minimum atomic E-state index is -1.27. The molecule has 43 heavy (non-hydrogen) atoms. The number of rotatable bonds is 18. The molecule has 0 aromatic carbocycles. The zero-order valence-corrected chi connectivity index (χ0v) is 24.8. The van der Waals surface area contributed by atoms with E-state index in [0.29, 0.717) is 6.42 Å². The number of hydrogen-bond acceptors (Lipinski definition) is 9. The molecule has 0 radical (unpaired) electrons. The van der Waals surface area contributed by atoms with E-state index in [9.17, 15) is 43.2 Å². The molecule has 18 nitrogen and oxygen atoms in total. The summed E-state index contributed by atoms with van der Waals surface area (Å²) >= 11 is 0. The minimum absolute atomic E-state index is 0.304. The van der Waals surface area contributed by atoms with Crippen LogP contribution >= 0.6 is 0 Å². The largest absolute Gasteiger partial charge is 0.368 e. The molecule has 0 bridgehead atoms. The summed E-state index contributed by atoms with van der Waals surface area (Å²) in [6.07, 6.45) is 1.40. The fraction of sp³-hybridized carbons (Fsp3) is 0.560. The molecule has 0 aromatic heterocycles. The Morgan fingerprint density at radius 1 is 0.628 bits per heavy atom. The predicted octanol–water partition coefficient (Wildman–Crippen LogP) is -5.08. The van der Waals surface area contributed by atoms with Crippen LogP contribution in [0, 0.1) is 0 Å². The summed E-state index contributed by atoms with van der Waals surface area (Å²) in [4.78, 5) is 107. The molecule has 240 valence electrons. The smallest absolute Gasteiger partial charge is 0.247 e. The van der Waals surface area contributed by atoms with Gasteiger partial charge in [0.2, 0.25) is 53.2 Å². The molecule has 18 heteroatoms. The summed E-state index contributed by atoms with van der Waals surface area (Å²) in [6, 6.07) is -5.39. The molecular formula is C25H41N9O9. The third-order valence-electron chi connectivity index (χ3n) is 5.49. The minimum Gasteiger partial charge on any atom is -0.368 e. The highest BCUT2D eigenvalue weighted by molar-refractivity contribution is 5.96. The van der Waals surface area contributed by atoms with Gasteiger partial charge < -0.3 is 48.3 Å². The van der Waals surface area contributed by atoms with E-state index in [4.69, 9.17) is 5.73 Å². The van der Waals surface area contributed by atoms with Crippen LogP contribution in [-0.2, 0) is 43.2 Å². The zero-order chi connectivity index (χ0) is 33.3. The van der Waals surface area contributed by atoms with Crippen molar-refractivity contribution in [2.75, 3.05) is 19.6 Å². The molecule has 5 atom stereocenters. The summed E-state index contributed by atoms with van der Waals surface area (Å²) in [5, 5.41) is 18.6. The fourth-order valence-electron chi connectivity index (χ4n) is 3.13. The van der Waals surface area contributed by atoms with Crippen LogP contribution in [0.2, 0.25) is 0 Å². The SMILES string of the molecule is C=CC(NC(=O)C(C)NC(=O)CNC(=O)C(C)NC(=O)CNC(=O)C(CC)NC(C)=O)C(=O)NC(C)C(=O)NCC(N)=O. The van der Waals surface area contributed by atoms with E-state index in [2.05, 4.69) is 49.1 Å². The van der Waals surface area contributed by atoms with E-state index >= 15 is 0 Å². The van der Waals surface area contributed by atoms with Crippen molar-refractivity contribution in [3.8, 4) is 0 Å². The van der Waals surface area contributed by atoms with E-state index in [-0.39, 0.29) is 0 Å². The maximum absolute atomic E-state index is 12.5. The van der Waals surface area contributed by atoms with Crippen LogP contribution in [0.15, 0.2) is 12.7 Å². The first-order valence-electron chi connectivity index (χ1n) is 13.2. The van der Waals surface area contributed by atoms with Gasteiger partial charge in [-0.05, 0) is 27.2 Å². The van der Waals surface area contributed by atoms with Gasteiger partial charge in [-0.15, -0.1) is 6.58 Å². The molecular weight excluding hydrogens is 570 g/mol. The quantitative estimate of drug-likeness (QED) is 0.0670. The second-order valence-electron chi connectivity index (χ2n) is 9.31. The number of nitrogens with one attached hydrogen (secondary N) is 8. The van der Waals surface area contributed by atoms with Crippen LogP contribution in [0.3, 0.4) is 0 Å². The van der Waals surface area contributed by atoms with Gasteiger partial charge in [-0.25, -0.2) is 0 Å². The number of amides is 9. The standard InChI is InChI=1S/C25H41N9O9/c1-7-16(33-15(6)35)24(42)29-11-20(38)30-12(3)21(39)28-10-19(37)31-14(5)23(41)34-17(8-2)25(43)32-13(4)22(40)27-9-18(26)36/h8,12-14,16-17H,2,7,9-11H2,1,3-6H3,(H2,26,36)(H,27,40)(H,28,39)(H,29,42)(H,30,38)(H,31,37)(H,32,43)(H,33,35)(H,34,41). The Morgan fingerprint density at radius 2 is 1.07 bits per heavy atom. The second-order valence-corrected chi connectivity index (χ2v) is 9.31. The highest BCUT2D eigenvalue weighted by Gasteiger charge is 2.25. The first-order valence-corrected chi connectivity index (χ1v) is 13.2. The molecule has 0 rings (SSSR count). The molecule has 5 unspecified atom stereocenters. The Hall–Kier alpha value is -5.03. The molecule has 0 aliphatic carbocycles. The Morgan fingerprint density at radius 3 is 1.51 bits per heavy atom. The number of primary amides is 1. The molecule has 0 saturated heterocycles. The van der Waals surface area contributed by atoms with Crippen molar-refractivity contribution in [3.05, 3.63) is 12.7 Å². The molecule has 0 aliphatic rings. The third kappa shape index (κ3) is 15.5. The molecule has 0 aliphatic heterocycles. The first-order chi connectivity index (χ1) is 20.0. The zero-order valence-electron chi connectivity index (χ0n) is 24.8. The van der Waals surface area contributed by atoms with Crippen molar-refractivity contribution in [1.29, 1.82) is 0 Å². The van der Waals surface area contributed by atoms with E-state index in [1.54, 1.807) is 6.92 Å². The summed E-state index contributed by atoms with van der Waals surface area (Å²) in [5.74, 6) is -6.18. The topological polar surface area (TPSA) is 276 Å². The van der Waals surface area contributed by atoms with Crippen molar-refractivity contribution in [2.45, 2.75) is 71.2 Å². The van der Waals surface area contributed by atoms with Crippen molar-refractivity contribution in [1.82, 2.24) is 42.5 Å². The first kappa shape index (κ1) is 38.0. The fourth-order valence-corrected chi connectivity index (χ4v) is 3.13. The molecule has 0 fully saturated rings. The van der Waals surface area contributed by atoms with Gasteiger partial charge in [0.05, 0.1) is 19.6 Å². The van der Waals surface area contributed by atoms with Gasteiger partial charge in [0, 0.05) is 6.92 Å². The lowest BCUT2D eigenvalue weighted by Gasteiger charge is -2.21. The van der Waals surface area contributed by atoms with Crippen LogP contribution in [0.25, 0.3) is 0 Å². The Kier molecular flexibility index (Phi) is 16.9. The summed E-state index contributed by atoms with van der Waals surface area (Å²) in [7, 11) is 0. The van der Waals surface area contributed by atoms with Gasteiger partial charge in [-0.1, -0.05) is 13.0 Å². The highest BCUT2D eigenvalue weighted by Crippen LogP contribution is 1.94. The Balaban J connectivity index is 4.65. The number of nitrogens with two attached hydrogens (primary N) is 1. The van der Waals surface area contributed by atoms with Crippen LogP contribution in [-0.4, -0.2) is 103 Å². The van der Waals surface area contributed by atoms with Crippen LogP contribution in [0.4, 0.5) is 0 Å². The summed E-state index contributed by atoms with van der Waals surface area (Å²) in [6.45, 7) is 8.96. The highest BCUT2D eigenvalue weighted by atomic mass is 16.2. The molecule has 10 N–H and O–H groups in total. The van der Waals surface area contributed by atoms with E-state index in [0.717, 1.165) is 6.08 Å². The summed E-state index contributed by atoms with van der Waals surface area (Å²) in [5.41, 5.74) is 4.95. The third-order valence-corrected chi connectivity index (χ3v) is 5.49. The van der Waals surface area contributed by atoms with Crippen molar-refractivity contribution >= 4 is 53.2 Å². The van der Waals surface area contributed by atoms with Gasteiger partial charge in [0.25, 0.3) is 0 Å². The second kappa shape index (κ2) is 19.2. The molecule has 0 aromatic rings. The average Bonchev–Trinajstić information content (AvgIpc) is 2.93. The van der Waals surface area contributed by atoms with Gasteiger partial charge in [0.15, 0.2) is 0 Å². The van der Waals surface area contributed by atoms with Crippen molar-refractivity contribution in [2.24, 2.45) is 5.73 Å². The van der Waals surface area contributed by atoms with Gasteiger partial charge >= 0.3 is 0 Å². The monoisotopic (exact) mass is 611 g/mol. The van der Waals surface area contributed by atoms with E-state index < -0.39 is 103 Å². The maximum atomic E-state index is 12.5. The lowest BCUT2D eigenvalue weighted by atomic mass is 10.2. The van der Waals surface area contributed by atoms with Crippen LogP contribution < -0.4 is 48.3 Å². The number of carbonyl (C=O) groups is 9. The van der Waals surface area contributed by atoms with Gasteiger partial charge in [-0.2, -0.15) is 0 Å². The number of carbonyl (C=O) groups excluding carboxylic acids is 9. The van der Waals surface area contributed by atoms with Crippen LogP contribution in [0.5, 0.6) is 0 Å². The Labute approximate surface area is 248 Å². The van der Waals surface area contributed by atoms with Crippen LogP contribution in [0.1, 0.15) is 41.0 Å². The molecule has 0 spiro atoms. The predicted molar refractivity (Wildman–Crippen MR) is 151 cm³/mol. The molecule has 0 heterocycles. The van der Waals surface area contributed by atoms with Gasteiger partial charge in [-0.3, -0.25) is 43.2 Å².